The fourth-order valence-corrected chi connectivity index (χ4v) is 4.77. The molecular formula is C37H74O11. The van der Waals surface area contributed by atoms with Gasteiger partial charge in [-0.25, -0.2) is 0 Å². The van der Waals surface area contributed by atoms with E-state index in [2.05, 4.69) is 6.92 Å². The quantitative estimate of drug-likeness (QED) is 0.0673. The monoisotopic (exact) mass is 695 g/mol. The van der Waals surface area contributed by atoms with E-state index in [1.54, 1.807) is 0 Å². The van der Waals surface area contributed by atoms with Crippen molar-refractivity contribution in [2.45, 2.75) is 116 Å². The van der Waals surface area contributed by atoms with Crippen LogP contribution in [0.3, 0.4) is 0 Å². The number of ether oxygens (including phenoxy) is 9. The largest absolute Gasteiger partial charge is 0.481 e. The molecule has 11 heteroatoms. The zero-order valence-corrected chi connectivity index (χ0v) is 30.8. The van der Waals surface area contributed by atoms with Gasteiger partial charge in [-0.2, -0.15) is 0 Å². The summed E-state index contributed by atoms with van der Waals surface area (Å²) < 4.78 is 49.0. The van der Waals surface area contributed by atoms with Crippen LogP contribution in [0, 0.1) is 0 Å². The third-order valence-corrected chi connectivity index (χ3v) is 7.58. The molecule has 0 saturated carbocycles. The lowest BCUT2D eigenvalue weighted by molar-refractivity contribution is -0.138. The van der Waals surface area contributed by atoms with Crippen molar-refractivity contribution in [1.82, 2.24) is 0 Å². The maximum atomic E-state index is 10.3. The Bertz CT molecular complexity index is 598. The topological polar surface area (TPSA) is 120 Å². The second kappa shape index (κ2) is 44.1. The first-order valence-electron chi connectivity index (χ1n) is 19.2. The summed E-state index contributed by atoms with van der Waals surface area (Å²) in [5.41, 5.74) is 0. The van der Waals surface area contributed by atoms with Crippen molar-refractivity contribution in [3.63, 3.8) is 0 Å². The lowest BCUT2D eigenvalue weighted by Crippen LogP contribution is -2.15. The number of rotatable bonds is 44. The van der Waals surface area contributed by atoms with Crippen molar-refractivity contribution in [1.29, 1.82) is 0 Å². The standard InChI is InChI=1S/C37H74O11/c1-2-3-4-5-6-7-8-9-10-11-12-13-14-15-16-17-19-40-21-23-42-25-27-44-29-31-46-33-35-48-36-34-47-32-30-45-28-26-43-24-22-41-20-18-37(38)39/h2-36H2,1H3,(H,38,39). The van der Waals surface area contributed by atoms with Gasteiger partial charge < -0.3 is 47.7 Å². The molecule has 0 atom stereocenters. The van der Waals surface area contributed by atoms with E-state index in [1.807, 2.05) is 0 Å². The van der Waals surface area contributed by atoms with Gasteiger partial charge in [-0.05, 0) is 6.42 Å². The van der Waals surface area contributed by atoms with Crippen molar-refractivity contribution in [2.24, 2.45) is 0 Å². The van der Waals surface area contributed by atoms with Crippen molar-refractivity contribution >= 4 is 5.97 Å². The number of unbranched alkanes of at least 4 members (excludes halogenated alkanes) is 15. The summed E-state index contributed by atoms with van der Waals surface area (Å²) in [7, 11) is 0. The number of carbonyl (C=O) groups is 1. The minimum absolute atomic E-state index is 0.00480. The van der Waals surface area contributed by atoms with Crippen LogP contribution in [0.5, 0.6) is 0 Å². The van der Waals surface area contributed by atoms with Crippen molar-refractivity contribution in [3.8, 4) is 0 Å². The van der Waals surface area contributed by atoms with Crippen LogP contribution >= 0.6 is 0 Å². The van der Waals surface area contributed by atoms with Gasteiger partial charge in [0.1, 0.15) is 0 Å². The maximum Gasteiger partial charge on any atom is 0.305 e. The summed E-state index contributed by atoms with van der Waals surface area (Å²) in [6.07, 6.45) is 22.2. The molecule has 0 aromatic carbocycles. The van der Waals surface area contributed by atoms with Crippen LogP contribution in [0.25, 0.3) is 0 Å². The molecule has 0 unspecified atom stereocenters. The van der Waals surface area contributed by atoms with E-state index in [1.165, 1.54) is 96.3 Å². The van der Waals surface area contributed by atoms with Crippen molar-refractivity contribution < 1.29 is 52.5 Å². The molecule has 0 spiro atoms. The first-order valence-corrected chi connectivity index (χ1v) is 19.2. The summed E-state index contributed by atoms with van der Waals surface area (Å²) in [5, 5.41) is 8.50. The minimum atomic E-state index is -0.867. The summed E-state index contributed by atoms with van der Waals surface area (Å²) in [6.45, 7) is 11.5. The minimum Gasteiger partial charge on any atom is -0.481 e. The Morgan fingerprint density at radius 3 is 0.771 bits per heavy atom. The molecule has 288 valence electrons. The maximum absolute atomic E-state index is 10.3. The third-order valence-electron chi connectivity index (χ3n) is 7.58. The summed E-state index contributed by atoms with van der Waals surface area (Å²) in [4.78, 5) is 10.3. The van der Waals surface area contributed by atoms with Crippen LogP contribution in [0.2, 0.25) is 0 Å². The second-order valence-corrected chi connectivity index (χ2v) is 12.0. The van der Waals surface area contributed by atoms with E-state index in [-0.39, 0.29) is 13.0 Å². The summed E-state index contributed by atoms with van der Waals surface area (Å²) >= 11 is 0. The van der Waals surface area contributed by atoms with E-state index >= 15 is 0 Å². The van der Waals surface area contributed by atoms with Crippen molar-refractivity contribution in [3.05, 3.63) is 0 Å². The van der Waals surface area contributed by atoms with Crippen LogP contribution < -0.4 is 0 Å². The molecule has 0 aromatic rings. The molecule has 0 fully saturated rings. The Kier molecular flexibility index (Phi) is 43.3. The molecule has 0 saturated heterocycles. The van der Waals surface area contributed by atoms with E-state index in [0.29, 0.717) is 106 Å². The Labute approximate surface area is 293 Å². The van der Waals surface area contributed by atoms with Crippen molar-refractivity contribution in [2.75, 3.05) is 119 Å². The van der Waals surface area contributed by atoms with E-state index in [0.717, 1.165) is 13.0 Å². The Balaban J connectivity index is 3.04. The molecule has 0 aliphatic heterocycles. The van der Waals surface area contributed by atoms with Crippen LogP contribution in [0.15, 0.2) is 0 Å². The number of carboxylic acid groups (broad SMARTS) is 1. The van der Waals surface area contributed by atoms with E-state index in [4.69, 9.17) is 47.7 Å². The molecule has 0 aliphatic rings. The zero-order chi connectivity index (χ0) is 34.7. The molecule has 48 heavy (non-hydrogen) atoms. The normalized spacial score (nSPS) is 11.5. The van der Waals surface area contributed by atoms with Gasteiger partial charge in [0.25, 0.3) is 0 Å². The highest BCUT2D eigenvalue weighted by Gasteiger charge is 1.98. The van der Waals surface area contributed by atoms with E-state index in [9.17, 15) is 4.79 Å². The molecule has 0 heterocycles. The van der Waals surface area contributed by atoms with Gasteiger partial charge in [-0.1, -0.05) is 103 Å². The van der Waals surface area contributed by atoms with Crippen LogP contribution in [0.4, 0.5) is 0 Å². The molecule has 0 rings (SSSR count). The highest BCUT2D eigenvalue weighted by Crippen LogP contribution is 2.13. The van der Waals surface area contributed by atoms with Gasteiger partial charge in [0.15, 0.2) is 0 Å². The number of hydrogen-bond acceptors (Lipinski definition) is 10. The van der Waals surface area contributed by atoms with Crippen LogP contribution in [-0.4, -0.2) is 130 Å². The van der Waals surface area contributed by atoms with Gasteiger partial charge in [-0.15, -0.1) is 0 Å². The Morgan fingerprint density at radius 1 is 0.312 bits per heavy atom. The summed E-state index contributed by atoms with van der Waals surface area (Å²) in [6, 6.07) is 0. The molecule has 11 nitrogen and oxygen atoms in total. The number of aliphatic carboxylic acids is 1. The van der Waals surface area contributed by atoms with Gasteiger partial charge >= 0.3 is 5.97 Å². The van der Waals surface area contributed by atoms with Gasteiger partial charge in [0, 0.05) is 6.61 Å². The first-order chi connectivity index (χ1) is 23.8. The molecule has 0 radical (unpaired) electrons. The van der Waals surface area contributed by atoms with Crippen LogP contribution in [0.1, 0.15) is 116 Å². The predicted octanol–water partition coefficient (Wildman–Crippen LogP) is 6.87. The first kappa shape index (κ1) is 47.1. The third kappa shape index (κ3) is 45.1. The molecule has 1 N–H and O–H groups in total. The highest BCUT2D eigenvalue weighted by molar-refractivity contribution is 5.66. The molecule has 0 aromatic heterocycles. The molecule has 0 aliphatic carbocycles. The smallest absolute Gasteiger partial charge is 0.305 e. The number of carboxylic acids is 1. The average Bonchev–Trinajstić information content (AvgIpc) is 3.08. The Morgan fingerprint density at radius 2 is 0.521 bits per heavy atom. The second-order valence-electron chi connectivity index (χ2n) is 12.0. The molecular weight excluding hydrogens is 620 g/mol. The number of hydrogen-bond donors (Lipinski definition) is 1. The Hall–Kier alpha value is -0.890. The predicted molar refractivity (Wildman–Crippen MR) is 189 cm³/mol. The lowest BCUT2D eigenvalue weighted by Gasteiger charge is -2.09. The fraction of sp³-hybridized carbons (Fsp3) is 0.973. The fourth-order valence-electron chi connectivity index (χ4n) is 4.77. The van der Waals surface area contributed by atoms with E-state index < -0.39 is 5.97 Å². The molecule has 0 bridgehead atoms. The summed E-state index contributed by atoms with van der Waals surface area (Å²) in [5.74, 6) is -0.867. The highest BCUT2D eigenvalue weighted by atomic mass is 16.6. The zero-order valence-electron chi connectivity index (χ0n) is 30.8. The van der Waals surface area contributed by atoms with Gasteiger partial charge in [0.2, 0.25) is 0 Å². The van der Waals surface area contributed by atoms with Gasteiger partial charge in [-0.3, -0.25) is 4.79 Å². The lowest BCUT2D eigenvalue weighted by atomic mass is 10.0. The molecule has 0 amide bonds. The van der Waals surface area contributed by atoms with Gasteiger partial charge in [0.05, 0.1) is 119 Å². The van der Waals surface area contributed by atoms with Crippen LogP contribution in [-0.2, 0) is 47.4 Å². The SMILES string of the molecule is CCCCCCCCCCCCCCCCCCOCCOCCOCCOCCOCCOCCOCCOCCOCCC(=O)O. The average molecular weight is 695 g/mol.